The molecule has 1 aromatic rings. The fourth-order valence-electron chi connectivity index (χ4n) is 0.976. The van der Waals surface area contributed by atoms with Crippen LogP contribution in [-0.2, 0) is 13.4 Å². The van der Waals surface area contributed by atoms with Crippen molar-refractivity contribution in [1.29, 1.82) is 0 Å². The van der Waals surface area contributed by atoms with Crippen molar-refractivity contribution in [3.63, 3.8) is 0 Å². The Morgan fingerprint density at radius 2 is 1.33 bits per heavy atom. The zero-order valence-electron chi connectivity index (χ0n) is 9.87. The lowest BCUT2D eigenvalue weighted by molar-refractivity contribution is 0.225. The van der Waals surface area contributed by atoms with Gasteiger partial charge >= 0.3 is 15.6 Å². The van der Waals surface area contributed by atoms with Crippen LogP contribution in [0, 0.1) is 0 Å². The highest BCUT2D eigenvalue weighted by molar-refractivity contribution is 7.60. The van der Waals surface area contributed by atoms with Crippen LogP contribution in [0.2, 0.25) is 13.1 Å². The van der Waals surface area contributed by atoms with E-state index in [-0.39, 0.29) is 0 Å². The number of benzene rings is 1. The minimum absolute atomic E-state index is 0.529. The van der Waals surface area contributed by atoms with E-state index >= 15 is 0 Å². The smallest absolute Gasteiger partial charge is 0.302 e. The van der Waals surface area contributed by atoms with E-state index in [1.807, 2.05) is 0 Å². The van der Waals surface area contributed by atoms with Gasteiger partial charge in [-0.25, -0.2) is 9.13 Å². The van der Waals surface area contributed by atoms with Crippen LogP contribution in [-0.4, -0.2) is 28.4 Å². The van der Waals surface area contributed by atoms with E-state index in [0.717, 1.165) is 0 Å². The van der Waals surface area contributed by atoms with Gasteiger partial charge in [0.25, 0.3) is 0 Å². The Balaban J connectivity index is 0.000000321. The molecule has 0 radical (unpaired) electrons. The number of hydrogen-bond donors (Lipinski definition) is 4. The van der Waals surface area contributed by atoms with Gasteiger partial charge in [-0.15, -0.1) is 0 Å². The lowest BCUT2D eigenvalue weighted by Gasteiger charge is -2.03. The van der Waals surface area contributed by atoms with Crippen LogP contribution in [0.25, 0.3) is 0 Å². The van der Waals surface area contributed by atoms with Crippen molar-refractivity contribution in [3.05, 3.63) is 30.3 Å². The minimum atomic E-state index is -5.05. The summed E-state index contributed by atoms with van der Waals surface area (Å²) in [5.41, 5.74) is 0. The standard InChI is InChI=1S/C8H12Si.H4O7P2/c1-9(2)8-6-4-3-5-7-8;1-8(2,3)7-9(4,5)6/h3-7,9H,1-2H3;(H2,1,2,3)(H2,4,5,6). The Kier molecular flexibility index (Phi) is 7.20. The SMILES string of the molecule is C[SiH](C)c1ccccc1.O=P(O)(O)OP(=O)(O)O. The van der Waals surface area contributed by atoms with E-state index in [9.17, 15) is 9.13 Å². The summed E-state index contributed by atoms with van der Waals surface area (Å²) in [6.07, 6.45) is 0. The molecular formula is C8H16O7P2Si. The first-order valence-electron chi connectivity index (χ1n) is 4.88. The molecule has 0 saturated heterocycles. The van der Waals surface area contributed by atoms with Crippen LogP contribution in [0.3, 0.4) is 0 Å². The van der Waals surface area contributed by atoms with Gasteiger partial charge < -0.3 is 19.6 Å². The molecule has 0 heterocycles. The quantitative estimate of drug-likeness (QED) is 0.475. The molecule has 0 spiro atoms. The predicted molar refractivity (Wildman–Crippen MR) is 70.1 cm³/mol. The van der Waals surface area contributed by atoms with Gasteiger partial charge in [0.15, 0.2) is 0 Å². The summed E-state index contributed by atoms with van der Waals surface area (Å²) in [6, 6.07) is 10.7. The molecule has 0 aromatic heterocycles. The molecular weight excluding hydrogens is 298 g/mol. The lowest BCUT2D eigenvalue weighted by Crippen LogP contribution is -2.21. The molecule has 104 valence electrons. The minimum Gasteiger partial charge on any atom is -0.302 e. The summed E-state index contributed by atoms with van der Waals surface area (Å²) in [7, 11) is -10.6. The normalized spacial score (nSPS) is 11.9. The maximum atomic E-state index is 9.63. The van der Waals surface area contributed by atoms with Crippen LogP contribution in [0.15, 0.2) is 30.3 Å². The number of hydrogen-bond acceptors (Lipinski definition) is 3. The Morgan fingerprint density at radius 1 is 0.944 bits per heavy atom. The number of phosphoric acid groups is 2. The molecule has 7 nitrogen and oxygen atoms in total. The third kappa shape index (κ3) is 10.8. The molecule has 0 atom stereocenters. The Morgan fingerprint density at radius 3 is 1.50 bits per heavy atom. The molecule has 18 heavy (non-hydrogen) atoms. The molecule has 0 bridgehead atoms. The average molecular weight is 314 g/mol. The molecule has 0 aliphatic carbocycles. The molecule has 0 fully saturated rings. The average Bonchev–Trinajstić information content (AvgIpc) is 2.14. The second kappa shape index (κ2) is 7.33. The van der Waals surface area contributed by atoms with Gasteiger partial charge in [0, 0.05) is 0 Å². The van der Waals surface area contributed by atoms with E-state index in [2.05, 4.69) is 47.7 Å². The summed E-state index contributed by atoms with van der Waals surface area (Å²) in [4.78, 5) is 31.0. The van der Waals surface area contributed by atoms with E-state index in [1.165, 1.54) is 0 Å². The topological polar surface area (TPSA) is 124 Å². The molecule has 0 aliphatic heterocycles. The van der Waals surface area contributed by atoms with Gasteiger partial charge in [-0.2, -0.15) is 4.31 Å². The van der Waals surface area contributed by atoms with Gasteiger partial charge in [0.2, 0.25) is 0 Å². The molecule has 0 amide bonds. The molecule has 1 aromatic carbocycles. The summed E-state index contributed by atoms with van der Waals surface area (Å²) in [6.45, 7) is 4.69. The van der Waals surface area contributed by atoms with Crippen molar-refractivity contribution in [2.75, 3.05) is 0 Å². The monoisotopic (exact) mass is 314 g/mol. The van der Waals surface area contributed by atoms with Crippen LogP contribution in [0.5, 0.6) is 0 Å². The van der Waals surface area contributed by atoms with Crippen molar-refractivity contribution in [2.24, 2.45) is 0 Å². The van der Waals surface area contributed by atoms with Crippen LogP contribution in [0.4, 0.5) is 0 Å². The Bertz CT molecular complexity index is 418. The second-order valence-electron chi connectivity index (χ2n) is 3.63. The van der Waals surface area contributed by atoms with Gasteiger partial charge in [-0.3, -0.25) is 0 Å². The molecule has 10 heteroatoms. The molecule has 0 saturated carbocycles. The fourth-order valence-corrected chi connectivity index (χ4v) is 3.08. The van der Waals surface area contributed by atoms with Gasteiger partial charge in [0.05, 0.1) is 8.80 Å². The zero-order valence-corrected chi connectivity index (χ0v) is 12.8. The van der Waals surface area contributed by atoms with Gasteiger partial charge in [-0.05, 0) is 0 Å². The van der Waals surface area contributed by atoms with Crippen molar-refractivity contribution >= 4 is 29.6 Å². The van der Waals surface area contributed by atoms with Crippen LogP contribution >= 0.6 is 15.6 Å². The van der Waals surface area contributed by atoms with Crippen molar-refractivity contribution < 1.29 is 33.0 Å². The van der Waals surface area contributed by atoms with E-state index < -0.39 is 24.4 Å². The highest BCUT2D eigenvalue weighted by Gasteiger charge is 2.27. The maximum absolute atomic E-state index is 9.63. The van der Waals surface area contributed by atoms with Crippen molar-refractivity contribution in [2.45, 2.75) is 13.1 Å². The molecule has 1 rings (SSSR count). The van der Waals surface area contributed by atoms with E-state index in [4.69, 9.17) is 19.6 Å². The highest BCUT2D eigenvalue weighted by Crippen LogP contribution is 2.53. The van der Waals surface area contributed by atoms with E-state index in [0.29, 0.717) is 0 Å². The first-order chi connectivity index (χ1) is 8.01. The lowest BCUT2D eigenvalue weighted by atomic mass is 10.4. The molecule has 0 aliphatic rings. The van der Waals surface area contributed by atoms with Crippen LogP contribution in [0.1, 0.15) is 0 Å². The van der Waals surface area contributed by atoms with Crippen LogP contribution < -0.4 is 5.19 Å². The largest absolute Gasteiger partial charge is 0.478 e. The van der Waals surface area contributed by atoms with E-state index in [1.54, 1.807) is 5.19 Å². The first kappa shape index (κ1) is 17.7. The summed E-state index contributed by atoms with van der Waals surface area (Å²) in [5, 5.41) is 1.55. The van der Waals surface area contributed by atoms with Crippen molar-refractivity contribution in [3.8, 4) is 0 Å². The highest BCUT2D eigenvalue weighted by atomic mass is 31.3. The maximum Gasteiger partial charge on any atom is 0.478 e. The third-order valence-corrected chi connectivity index (χ3v) is 5.10. The fraction of sp³-hybridized carbons (Fsp3) is 0.250. The Hall–Kier alpha value is -0.303. The second-order valence-corrected chi connectivity index (χ2v) is 9.22. The predicted octanol–water partition coefficient (Wildman–Crippen LogP) is 0.569. The first-order valence-corrected chi connectivity index (χ1v) is 10.8. The number of rotatable bonds is 3. The Labute approximate surface area is 107 Å². The summed E-state index contributed by atoms with van der Waals surface area (Å²) >= 11 is 0. The van der Waals surface area contributed by atoms with Gasteiger partial charge in [0.1, 0.15) is 0 Å². The molecule has 0 unspecified atom stereocenters. The zero-order chi connectivity index (χ0) is 14.4. The van der Waals surface area contributed by atoms with Gasteiger partial charge in [-0.1, -0.05) is 48.6 Å². The molecule has 4 N–H and O–H groups in total. The summed E-state index contributed by atoms with van der Waals surface area (Å²) < 4.78 is 22.2. The van der Waals surface area contributed by atoms with Crippen molar-refractivity contribution in [1.82, 2.24) is 0 Å². The third-order valence-electron chi connectivity index (χ3n) is 1.68. The summed E-state index contributed by atoms with van der Waals surface area (Å²) in [5.74, 6) is 0.